The van der Waals surface area contributed by atoms with Crippen molar-refractivity contribution in [1.29, 1.82) is 0 Å². The maximum Gasteiger partial charge on any atom is 0.326 e. The summed E-state index contributed by atoms with van der Waals surface area (Å²) in [7, 11) is 0. The first-order chi connectivity index (χ1) is 47.7. The molecule has 0 radical (unpaired) electrons. The minimum atomic E-state index is -1.84. The van der Waals surface area contributed by atoms with Gasteiger partial charge in [0.25, 0.3) is 0 Å². The zero-order valence-corrected chi connectivity index (χ0v) is 58.4. The van der Waals surface area contributed by atoms with Crippen molar-refractivity contribution in [1.82, 2.24) is 63.1 Å². The smallest absolute Gasteiger partial charge is 0.326 e. The number of primary amides is 2. The lowest BCUT2D eigenvalue weighted by atomic mass is 9.97. The van der Waals surface area contributed by atoms with Gasteiger partial charge in [0.1, 0.15) is 66.5 Å². The highest BCUT2D eigenvalue weighted by molar-refractivity contribution is 7.80. The molecule has 24 N–H and O–H groups in total. The van der Waals surface area contributed by atoms with Gasteiger partial charge in [0, 0.05) is 55.1 Å². The van der Waals surface area contributed by atoms with E-state index in [2.05, 4.69) is 70.8 Å². The van der Waals surface area contributed by atoms with Crippen LogP contribution in [0.3, 0.4) is 0 Å². The number of hydrogen-bond donors (Lipinski definition) is 20. The van der Waals surface area contributed by atoms with Crippen molar-refractivity contribution >= 4 is 118 Å². The first-order valence-corrected chi connectivity index (χ1v) is 34.2. The van der Waals surface area contributed by atoms with Crippen molar-refractivity contribution in [2.24, 2.45) is 40.5 Å². The van der Waals surface area contributed by atoms with Crippen molar-refractivity contribution in [2.75, 3.05) is 25.4 Å². The molecule has 1 saturated heterocycles. The van der Waals surface area contributed by atoms with Gasteiger partial charge in [0.2, 0.25) is 76.8 Å². The summed E-state index contributed by atoms with van der Waals surface area (Å²) in [6, 6.07) is -10.7. The van der Waals surface area contributed by atoms with Gasteiger partial charge in [0.15, 0.2) is 0 Å². The maximum absolute atomic E-state index is 14.7. The largest absolute Gasteiger partial charge is 0.481 e. The average molecular weight is 1440 g/mol. The number of carboxylic acid groups (broad SMARTS) is 3. The molecule has 1 aromatic carbocycles. The van der Waals surface area contributed by atoms with Crippen LogP contribution >= 0.6 is 12.6 Å². The van der Waals surface area contributed by atoms with Crippen LogP contribution in [0.15, 0.2) is 30.5 Å². The van der Waals surface area contributed by atoms with E-state index < -0.39 is 205 Å². The van der Waals surface area contributed by atoms with Crippen molar-refractivity contribution in [3.63, 3.8) is 0 Å². The van der Waals surface area contributed by atoms with E-state index in [0.29, 0.717) is 35.7 Å². The Morgan fingerprint density at radius 2 is 1.05 bits per heavy atom. The molecular weight excluding hydrogens is 1340 g/mol. The van der Waals surface area contributed by atoms with Crippen molar-refractivity contribution in [2.45, 2.75) is 216 Å². The predicted octanol–water partition coefficient (Wildman–Crippen LogP) is -4.26. The van der Waals surface area contributed by atoms with Crippen molar-refractivity contribution < 1.29 is 92.0 Å². The normalized spacial score (nSPS) is 16.3. The average Bonchev–Trinajstić information content (AvgIpc) is 1.74. The van der Waals surface area contributed by atoms with Crippen LogP contribution in [0.4, 0.5) is 0 Å². The number of fused-ring (bicyclic) bond motifs is 1. The van der Waals surface area contributed by atoms with Gasteiger partial charge < -0.3 is 107 Å². The molecule has 1 fully saturated rings. The number of thiol groups is 1. The van der Waals surface area contributed by atoms with Crippen LogP contribution in [0, 0.1) is 11.8 Å². The molecule has 562 valence electrons. The van der Waals surface area contributed by atoms with E-state index in [-0.39, 0.29) is 89.6 Å². The number of aliphatic carboxylic acids is 3. The highest BCUT2D eigenvalue weighted by Gasteiger charge is 2.42. The van der Waals surface area contributed by atoms with Gasteiger partial charge in [-0.15, -0.1) is 0 Å². The predicted molar refractivity (Wildman–Crippen MR) is 367 cm³/mol. The second-order valence-corrected chi connectivity index (χ2v) is 25.6. The second-order valence-electron chi connectivity index (χ2n) is 25.3. The Kier molecular flexibility index (Phi) is 36.7. The number of rotatable bonds is 47. The molecule has 37 heteroatoms. The number of aromatic nitrogens is 1. The SMILES string of the molecule is CC[C@H](C)[C@H](NC(=O)[C@@H](N)CCC(=O)O)C(=O)N[C@@H](CS)C(=O)N[C@@H](C)C(=O)N[C@@H](CC(=O)O)C(=O)N1CCC[C@H]1C(=O)N[C@@H](CCCCN)C(=O)N[C@@H](CCC(N)=O)C(=O)N[C@@H](CCCCN)C(=O)N[C@@H](Cc1c[nH]c2ccccc12)C(=O)N[C@H](C(=O)N[C@@H](CCC(N)=O)C(=O)O)C(C)C. The lowest BCUT2D eigenvalue weighted by Gasteiger charge is -2.30. The van der Waals surface area contributed by atoms with Crippen LogP contribution in [0.5, 0.6) is 0 Å². The van der Waals surface area contributed by atoms with Crippen LogP contribution in [0.1, 0.15) is 143 Å². The Labute approximate surface area is 589 Å². The van der Waals surface area contributed by atoms with E-state index in [0.717, 1.165) is 4.90 Å². The molecule has 1 aliphatic rings. The molecule has 13 amide bonds. The number of H-pyrrole nitrogens is 1. The molecule has 2 heterocycles. The van der Waals surface area contributed by atoms with Gasteiger partial charge in [-0.3, -0.25) is 71.9 Å². The first kappa shape index (κ1) is 85.7. The van der Waals surface area contributed by atoms with Gasteiger partial charge in [-0.2, -0.15) is 12.6 Å². The number of nitrogens with one attached hydrogen (secondary N) is 11. The maximum atomic E-state index is 14.7. The molecule has 36 nitrogen and oxygen atoms in total. The fourth-order valence-corrected chi connectivity index (χ4v) is 11.1. The highest BCUT2D eigenvalue weighted by atomic mass is 32.1. The van der Waals surface area contributed by atoms with Crippen molar-refractivity contribution in [3.05, 3.63) is 36.0 Å². The van der Waals surface area contributed by atoms with Crippen LogP contribution in [-0.2, 0) is 83.1 Å². The molecule has 0 bridgehead atoms. The molecule has 0 saturated carbocycles. The lowest BCUT2D eigenvalue weighted by Crippen LogP contribution is -2.61. The van der Waals surface area contributed by atoms with E-state index >= 15 is 0 Å². The number of likely N-dealkylation sites (tertiary alicyclic amines) is 1. The van der Waals surface area contributed by atoms with E-state index in [1.165, 1.54) is 6.92 Å². The third-order valence-corrected chi connectivity index (χ3v) is 17.3. The van der Waals surface area contributed by atoms with Crippen LogP contribution in [-0.4, -0.2) is 218 Å². The molecule has 0 aliphatic carbocycles. The fraction of sp³-hybridized carbons (Fsp3) is 0.625. The summed E-state index contributed by atoms with van der Waals surface area (Å²) >= 11 is 4.17. The van der Waals surface area contributed by atoms with Gasteiger partial charge in [-0.05, 0) is 114 Å². The summed E-state index contributed by atoms with van der Waals surface area (Å²) < 4.78 is 0. The number of nitrogens with two attached hydrogens (primary N) is 5. The Morgan fingerprint density at radius 1 is 0.554 bits per heavy atom. The highest BCUT2D eigenvalue weighted by Crippen LogP contribution is 2.23. The van der Waals surface area contributed by atoms with Crippen LogP contribution in [0.25, 0.3) is 10.9 Å². The molecule has 1 aromatic heterocycles. The molecule has 13 atom stereocenters. The fourth-order valence-electron chi connectivity index (χ4n) is 10.9. The van der Waals surface area contributed by atoms with E-state index in [1.807, 2.05) is 0 Å². The number of hydrogen-bond acceptors (Lipinski definition) is 20. The lowest BCUT2D eigenvalue weighted by molar-refractivity contribution is -0.146. The number of nitrogens with zero attached hydrogens (tertiary/aromatic N) is 1. The second kappa shape index (κ2) is 43.2. The summed E-state index contributed by atoms with van der Waals surface area (Å²) in [4.78, 5) is 218. The topological polar surface area (TPSA) is 603 Å². The zero-order valence-electron chi connectivity index (χ0n) is 57.5. The quantitative estimate of drug-likeness (QED) is 0.0220. The molecule has 101 heavy (non-hydrogen) atoms. The Hall–Kier alpha value is -9.49. The van der Waals surface area contributed by atoms with E-state index in [9.17, 15) is 86.9 Å². The number of benzene rings is 1. The first-order valence-electron chi connectivity index (χ1n) is 33.6. The Bertz CT molecular complexity index is 3240. The molecule has 2 aromatic rings. The number of carbonyl (C=O) groups excluding carboxylic acids is 13. The molecule has 3 rings (SSSR count). The molecular formula is C64H101N17O19S. The number of unbranched alkanes of at least 4 members (excludes halogenated alkanes) is 2. The van der Waals surface area contributed by atoms with E-state index in [1.54, 1.807) is 58.2 Å². The van der Waals surface area contributed by atoms with Gasteiger partial charge in [-0.1, -0.05) is 52.3 Å². The molecule has 1 aliphatic heterocycles. The summed E-state index contributed by atoms with van der Waals surface area (Å²) in [5.74, 6) is -17.8. The van der Waals surface area contributed by atoms with Crippen molar-refractivity contribution in [3.8, 4) is 0 Å². The van der Waals surface area contributed by atoms with Gasteiger partial charge in [-0.25, -0.2) is 4.79 Å². The summed E-state index contributed by atoms with van der Waals surface area (Å²) in [5, 5.41) is 54.5. The van der Waals surface area contributed by atoms with E-state index in [4.69, 9.17) is 33.8 Å². The number of para-hydroxylation sites is 1. The monoisotopic (exact) mass is 1440 g/mol. The van der Waals surface area contributed by atoms with Gasteiger partial charge in [0.05, 0.1) is 12.5 Å². The minimum absolute atomic E-state index is 0.0209. The number of carboxylic acids is 3. The number of aromatic amines is 1. The van der Waals surface area contributed by atoms with Crippen LogP contribution < -0.4 is 81.8 Å². The third kappa shape index (κ3) is 28.6. The Morgan fingerprint density at radius 3 is 1.58 bits per heavy atom. The standard InChI is InChI=1S/C64H101N17O19S/c1-6-33(4)52(80-54(89)37(67)19-24-49(84)85)62(97)78-45(31-101)59(94)71-34(5)53(88)77-44(29-50(86)87)63(98)81-27-13-18-46(81)60(95)74-40(17-10-12-26-66)55(90)73-41(20-22-47(68)82)57(92)72-39(16-9-11-25-65)56(91)76-43(28-35-30-70-38-15-8-7-14-36(35)38)58(93)79-51(32(2)3)61(96)75-42(64(99)100)21-23-48(69)83/h7-8,14-15,30,32-34,37,39-46,51-52,70,101H,6,9-13,16-29,31,65-67H2,1-5H3,(H2,68,82)(H2,69,83)(H,71,94)(H,72,92)(H,73,90)(H,74,95)(H,75,96)(H,76,91)(H,77,88)(H,78,97)(H,79,93)(H,80,89)(H,84,85)(H,86,87)(H,99,100)/t33-,34-,37-,39-,40-,41-,42-,43-,44-,45-,46-,51-,52-/m0/s1. The Balaban J connectivity index is 1.90. The number of amides is 13. The number of carbonyl (C=O) groups is 16. The minimum Gasteiger partial charge on any atom is -0.481 e. The van der Waals surface area contributed by atoms with Gasteiger partial charge >= 0.3 is 17.9 Å². The molecule has 0 spiro atoms. The summed E-state index contributed by atoms with van der Waals surface area (Å²) in [6.45, 7) is 7.87. The summed E-state index contributed by atoms with van der Waals surface area (Å²) in [6.07, 6.45) is -0.511. The van der Waals surface area contributed by atoms with Crippen LogP contribution in [0.2, 0.25) is 0 Å². The molecule has 0 unspecified atom stereocenters. The zero-order chi connectivity index (χ0) is 75.8. The third-order valence-electron chi connectivity index (χ3n) is 16.9. The summed E-state index contributed by atoms with van der Waals surface area (Å²) in [5.41, 5.74) is 29.4.